The molecule has 2 N–H and O–H groups in total. The maximum Gasteiger partial charge on any atom is 0.234 e. The first-order chi connectivity index (χ1) is 8.63. The Morgan fingerprint density at radius 2 is 2.11 bits per heavy atom. The number of rotatable bonds is 5. The molecule has 0 bridgehead atoms. The van der Waals surface area contributed by atoms with Crippen molar-refractivity contribution in [3.63, 3.8) is 0 Å². The first-order valence-corrected chi connectivity index (χ1v) is 6.38. The standard InChI is InChI=1S/C13H21N5/c1-4-17(6-5-14)8-12-9-18-11(3)7-10(2)15-13(18)16-12/h7,9H,4-6,8,14H2,1-3H3. The third kappa shape index (κ3) is 2.68. The molecule has 18 heavy (non-hydrogen) atoms. The van der Waals surface area contributed by atoms with Crippen molar-refractivity contribution >= 4 is 5.78 Å². The zero-order valence-electron chi connectivity index (χ0n) is 11.3. The summed E-state index contributed by atoms with van der Waals surface area (Å²) in [7, 11) is 0. The molecule has 2 rings (SSSR count). The molecular weight excluding hydrogens is 226 g/mol. The fraction of sp³-hybridized carbons (Fsp3) is 0.538. The van der Waals surface area contributed by atoms with Crippen molar-refractivity contribution in [3.8, 4) is 0 Å². The van der Waals surface area contributed by atoms with Crippen LogP contribution in [0.4, 0.5) is 0 Å². The molecule has 2 heterocycles. The van der Waals surface area contributed by atoms with E-state index in [0.29, 0.717) is 6.54 Å². The quantitative estimate of drug-likeness (QED) is 0.860. The Morgan fingerprint density at radius 3 is 2.78 bits per heavy atom. The number of hydrogen-bond acceptors (Lipinski definition) is 4. The van der Waals surface area contributed by atoms with Crippen LogP contribution < -0.4 is 5.73 Å². The van der Waals surface area contributed by atoms with E-state index in [1.807, 2.05) is 11.3 Å². The smallest absolute Gasteiger partial charge is 0.234 e. The van der Waals surface area contributed by atoms with Crippen LogP contribution in [0.5, 0.6) is 0 Å². The molecule has 0 fully saturated rings. The van der Waals surface area contributed by atoms with E-state index in [1.165, 1.54) is 0 Å². The molecule has 2 aromatic heterocycles. The van der Waals surface area contributed by atoms with E-state index >= 15 is 0 Å². The van der Waals surface area contributed by atoms with Crippen molar-refractivity contribution in [2.75, 3.05) is 19.6 Å². The molecule has 0 saturated carbocycles. The highest BCUT2D eigenvalue weighted by Crippen LogP contribution is 2.10. The van der Waals surface area contributed by atoms with Crippen molar-refractivity contribution in [2.45, 2.75) is 27.3 Å². The first kappa shape index (κ1) is 13.0. The van der Waals surface area contributed by atoms with Gasteiger partial charge in [-0.05, 0) is 26.5 Å². The normalized spacial score (nSPS) is 11.6. The summed E-state index contributed by atoms with van der Waals surface area (Å²) >= 11 is 0. The summed E-state index contributed by atoms with van der Waals surface area (Å²) < 4.78 is 2.04. The Balaban J connectivity index is 2.27. The van der Waals surface area contributed by atoms with Crippen LogP contribution in [0.15, 0.2) is 12.3 Å². The molecule has 0 aliphatic rings. The van der Waals surface area contributed by atoms with Crippen molar-refractivity contribution < 1.29 is 0 Å². The minimum Gasteiger partial charge on any atom is -0.329 e. The summed E-state index contributed by atoms with van der Waals surface area (Å²) in [5, 5.41) is 0. The van der Waals surface area contributed by atoms with Gasteiger partial charge in [0, 0.05) is 37.2 Å². The minimum absolute atomic E-state index is 0.678. The summed E-state index contributed by atoms with van der Waals surface area (Å²) in [5.41, 5.74) is 8.82. The molecule has 0 saturated heterocycles. The van der Waals surface area contributed by atoms with E-state index in [9.17, 15) is 0 Å². The van der Waals surface area contributed by atoms with Crippen molar-refractivity contribution in [2.24, 2.45) is 5.73 Å². The van der Waals surface area contributed by atoms with Gasteiger partial charge in [0.05, 0.1) is 5.69 Å². The lowest BCUT2D eigenvalue weighted by Gasteiger charge is -2.17. The molecule has 0 unspecified atom stereocenters. The van der Waals surface area contributed by atoms with Crippen LogP contribution in [-0.2, 0) is 6.54 Å². The van der Waals surface area contributed by atoms with Crippen molar-refractivity contribution in [1.82, 2.24) is 19.3 Å². The van der Waals surface area contributed by atoms with E-state index in [0.717, 1.165) is 42.5 Å². The number of nitrogens with zero attached hydrogens (tertiary/aromatic N) is 4. The molecule has 5 nitrogen and oxygen atoms in total. The lowest BCUT2D eigenvalue weighted by molar-refractivity contribution is 0.285. The van der Waals surface area contributed by atoms with Crippen molar-refractivity contribution in [3.05, 3.63) is 29.3 Å². The van der Waals surface area contributed by atoms with Gasteiger partial charge in [0.25, 0.3) is 0 Å². The molecule has 0 aliphatic heterocycles. The average molecular weight is 247 g/mol. The van der Waals surface area contributed by atoms with Crippen LogP contribution in [0.1, 0.15) is 24.0 Å². The predicted molar refractivity (Wildman–Crippen MR) is 72.5 cm³/mol. The first-order valence-electron chi connectivity index (χ1n) is 6.38. The highest BCUT2D eigenvalue weighted by Gasteiger charge is 2.09. The maximum atomic E-state index is 5.60. The highest BCUT2D eigenvalue weighted by atomic mass is 15.2. The van der Waals surface area contributed by atoms with Gasteiger partial charge in [0.1, 0.15) is 0 Å². The number of nitrogens with two attached hydrogens (primary N) is 1. The van der Waals surface area contributed by atoms with E-state index in [-0.39, 0.29) is 0 Å². The molecule has 98 valence electrons. The van der Waals surface area contributed by atoms with Crippen LogP contribution in [0, 0.1) is 13.8 Å². The fourth-order valence-electron chi connectivity index (χ4n) is 2.16. The number of fused-ring (bicyclic) bond motifs is 1. The molecule has 2 aromatic rings. The zero-order chi connectivity index (χ0) is 13.1. The average Bonchev–Trinajstić information content (AvgIpc) is 2.71. The van der Waals surface area contributed by atoms with Crippen LogP contribution in [0.25, 0.3) is 5.78 Å². The summed E-state index contributed by atoms with van der Waals surface area (Å²) in [6, 6.07) is 2.07. The van der Waals surface area contributed by atoms with Gasteiger partial charge in [-0.2, -0.15) is 0 Å². The highest BCUT2D eigenvalue weighted by molar-refractivity contribution is 5.34. The van der Waals surface area contributed by atoms with Gasteiger partial charge in [-0.3, -0.25) is 9.30 Å². The zero-order valence-corrected chi connectivity index (χ0v) is 11.3. The number of aryl methyl sites for hydroxylation is 2. The van der Waals surface area contributed by atoms with Gasteiger partial charge in [0.15, 0.2) is 0 Å². The summed E-state index contributed by atoms with van der Waals surface area (Å²) in [4.78, 5) is 11.3. The second-order valence-electron chi connectivity index (χ2n) is 4.60. The molecule has 0 spiro atoms. The minimum atomic E-state index is 0.678. The number of aromatic nitrogens is 3. The van der Waals surface area contributed by atoms with E-state index < -0.39 is 0 Å². The lowest BCUT2D eigenvalue weighted by atomic mass is 10.3. The summed E-state index contributed by atoms with van der Waals surface area (Å²) in [6.45, 7) is 9.59. The molecule has 0 radical (unpaired) electrons. The van der Waals surface area contributed by atoms with E-state index in [1.54, 1.807) is 0 Å². The Labute approximate surface area is 108 Å². The molecule has 0 atom stereocenters. The fourth-order valence-corrected chi connectivity index (χ4v) is 2.16. The van der Waals surface area contributed by atoms with Gasteiger partial charge < -0.3 is 5.73 Å². The number of imidazole rings is 1. The number of likely N-dealkylation sites (N-methyl/N-ethyl adjacent to an activating group) is 1. The Morgan fingerprint density at radius 1 is 1.33 bits per heavy atom. The van der Waals surface area contributed by atoms with Gasteiger partial charge >= 0.3 is 0 Å². The van der Waals surface area contributed by atoms with Gasteiger partial charge in [-0.25, -0.2) is 9.97 Å². The number of hydrogen-bond donors (Lipinski definition) is 1. The topological polar surface area (TPSA) is 59.5 Å². The molecule has 0 aromatic carbocycles. The second kappa shape index (κ2) is 5.46. The third-order valence-electron chi connectivity index (χ3n) is 3.09. The Kier molecular flexibility index (Phi) is 3.93. The Hall–Kier alpha value is -1.46. The van der Waals surface area contributed by atoms with Crippen LogP contribution in [0.3, 0.4) is 0 Å². The molecule has 0 amide bonds. The monoisotopic (exact) mass is 247 g/mol. The van der Waals surface area contributed by atoms with Crippen LogP contribution in [-0.4, -0.2) is 38.9 Å². The Bertz CT molecular complexity index is 531. The molecular formula is C13H21N5. The van der Waals surface area contributed by atoms with E-state index in [2.05, 4.69) is 41.0 Å². The summed E-state index contributed by atoms with van der Waals surface area (Å²) in [6.07, 6.45) is 2.07. The van der Waals surface area contributed by atoms with Crippen LogP contribution >= 0.6 is 0 Å². The lowest BCUT2D eigenvalue weighted by Crippen LogP contribution is -2.28. The largest absolute Gasteiger partial charge is 0.329 e. The van der Waals surface area contributed by atoms with E-state index in [4.69, 9.17) is 5.73 Å². The predicted octanol–water partition coefficient (Wildman–Crippen LogP) is 1.13. The molecule has 0 aliphatic carbocycles. The van der Waals surface area contributed by atoms with Crippen molar-refractivity contribution in [1.29, 1.82) is 0 Å². The van der Waals surface area contributed by atoms with Crippen LogP contribution in [0.2, 0.25) is 0 Å². The van der Waals surface area contributed by atoms with Gasteiger partial charge in [0.2, 0.25) is 5.78 Å². The second-order valence-corrected chi connectivity index (χ2v) is 4.60. The van der Waals surface area contributed by atoms with Gasteiger partial charge in [-0.15, -0.1) is 0 Å². The maximum absolute atomic E-state index is 5.60. The third-order valence-corrected chi connectivity index (χ3v) is 3.09. The molecule has 5 heteroatoms. The SMILES string of the molecule is CCN(CCN)Cc1cn2c(C)cc(C)nc2n1. The van der Waals surface area contributed by atoms with Gasteiger partial charge in [-0.1, -0.05) is 6.92 Å². The summed E-state index contributed by atoms with van der Waals surface area (Å²) in [5.74, 6) is 0.784.